The molecule has 0 aromatic carbocycles. The Morgan fingerprint density at radius 2 is 1.95 bits per heavy atom. The monoisotopic (exact) mass is 280 g/mol. The van der Waals surface area contributed by atoms with Gasteiger partial charge in [0.05, 0.1) is 6.61 Å². The molecule has 0 N–H and O–H groups in total. The van der Waals surface area contributed by atoms with Gasteiger partial charge in [-0.2, -0.15) is 4.98 Å². The summed E-state index contributed by atoms with van der Waals surface area (Å²) >= 11 is 0. The summed E-state index contributed by atoms with van der Waals surface area (Å²) in [5, 5.41) is 4.11. The minimum absolute atomic E-state index is 0.258. The lowest BCUT2D eigenvalue weighted by molar-refractivity contribution is -0.151. The summed E-state index contributed by atoms with van der Waals surface area (Å²) in [6.07, 6.45) is 5.88. The molecule has 1 fully saturated rings. The SMILES string of the molecule is CCOC(=O)C(CC)(CC)c1nc(C2CCCC2)no1. The average molecular weight is 280 g/mol. The minimum atomic E-state index is -0.792. The van der Waals surface area contributed by atoms with Crippen LogP contribution in [0.15, 0.2) is 4.52 Å². The molecule has 0 unspecified atom stereocenters. The Balaban J connectivity index is 2.27. The first-order valence-corrected chi connectivity index (χ1v) is 7.69. The molecule has 1 aromatic heterocycles. The van der Waals surface area contributed by atoms with E-state index in [0.717, 1.165) is 18.7 Å². The zero-order valence-corrected chi connectivity index (χ0v) is 12.6. The van der Waals surface area contributed by atoms with Crippen LogP contribution in [0.25, 0.3) is 0 Å². The van der Waals surface area contributed by atoms with Crippen molar-refractivity contribution in [3.05, 3.63) is 11.7 Å². The molecule has 5 heteroatoms. The Bertz CT molecular complexity index is 446. The molecular formula is C15H24N2O3. The summed E-state index contributed by atoms with van der Waals surface area (Å²) in [5.74, 6) is 1.31. The molecule has 0 amide bonds. The molecule has 1 heterocycles. The number of ether oxygens (including phenoxy) is 1. The summed E-state index contributed by atoms with van der Waals surface area (Å²) in [7, 11) is 0. The van der Waals surface area contributed by atoms with Crippen molar-refractivity contribution in [3.63, 3.8) is 0 Å². The Morgan fingerprint density at radius 1 is 1.30 bits per heavy atom. The number of carbonyl (C=O) groups excluding carboxylic acids is 1. The van der Waals surface area contributed by atoms with Crippen LogP contribution in [-0.2, 0) is 14.9 Å². The van der Waals surface area contributed by atoms with E-state index in [9.17, 15) is 4.79 Å². The highest BCUT2D eigenvalue weighted by Gasteiger charge is 2.44. The molecule has 2 rings (SSSR count). The summed E-state index contributed by atoms with van der Waals surface area (Å²) in [6.45, 7) is 6.09. The van der Waals surface area contributed by atoms with Crippen LogP contribution in [0, 0.1) is 0 Å². The fraction of sp³-hybridized carbons (Fsp3) is 0.800. The van der Waals surface area contributed by atoms with E-state index >= 15 is 0 Å². The van der Waals surface area contributed by atoms with E-state index in [2.05, 4.69) is 10.1 Å². The molecule has 1 aromatic rings. The molecule has 1 saturated carbocycles. The largest absolute Gasteiger partial charge is 0.465 e. The lowest BCUT2D eigenvalue weighted by atomic mass is 9.82. The number of hydrogen-bond acceptors (Lipinski definition) is 5. The van der Waals surface area contributed by atoms with Crippen molar-refractivity contribution in [2.45, 2.75) is 70.6 Å². The van der Waals surface area contributed by atoms with Crippen molar-refractivity contribution in [2.75, 3.05) is 6.61 Å². The Hall–Kier alpha value is -1.39. The number of aromatic nitrogens is 2. The second-order valence-electron chi connectivity index (χ2n) is 5.45. The lowest BCUT2D eigenvalue weighted by Crippen LogP contribution is -2.37. The van der Waals surface area contributed by atoms with E-state index in [0.29, 0.717) is 31.3 Å². The van der Waals surface area contributed by atoms with Gasteiger partial charge in [-0.3, -0.25) is 4.79 Å². The standard InChI is InChI=1S/C15H24N2O3/c1-4-15(5-2,14(18)19-6-3)13-16-12(17-20-13)11-9-7-8-10-11/h11H,4-10H2,1-3H3. The van der Waals surface area contributed by atoms with Crippen LogP contribution in [-0.4, -0.2) is 22.7 Å². The van der Waals surface area contributed by atoms with E-state index in [1.165, 1.54) is 12.8 Å². The van der Waals surface area contributed by atoms with Crippen molar-refractivity contribution < 1.29 is 14.1 Å². The van der Waals surface area contributed by atoms with Gasteiger partial charge in [-0.1, -0.05) is 31.8 Å². The molecule has 1 aliphatic rings. The summed E-state index contributed by atoms with van der Waals surface area (Å²) in [6, 6.07) is 0. The third kappa shape index (κ3) is 2.58. The van der Waals surface area contributed by atoms with Gasteiger partial charge in [-0.15, -0.1) is 0 Å². The van der Waals surface area contributed by atoms with Gasteiger partial charge in [0, 0.05) is 5.92 Å². The maximum atomic E-state index is 12.3. The molecule has 20 heavy (non-hydrogen) atoms. The molecule has 1 aliphatic carbocycles. The molecule has 0 bridgehead atoms. The highest BCUT2D eigenvalue weighted by atomic mass is 16.5. The Kier molecular flexibility index (Phi) is 4.78. The first kappa shape index (κ1) is 15.0. The van der Waals surface area contributed by atoms with Gasteiger partial charge in [0.15, 0.2) is 5.82 Å². The zero-order chi connectivity index (χ0) is 14.6. The first-order valence-electron chi connectivity index (χ1n) is 7.69. The van der Waals surface area contributed by atoms with E-state index in [4.69, 9.17) is 9.26 Å². The fourth-order valence-corrected chi connectivity index (χ4v) is 2.98. The predicted molar refractivity (Wildman–Crippen MR) is 74.4 cm³/mol. The smallest absolute Gasteiger partial charge is 0.321 e. The molecule has 0 saturated heterocycles. The Morgan fingerprint density at radius 3 is 2.50 bits per heavy atom. The van der Waals surface area contributed by atoms with Gasteiger partial charge < -0.3 is 9.26 Å². The maximum absolute atomic E-state index is 12.3. The lowest BCUT2D eigenvalue weighted by Gasteiger charge is -2.24. The summed E-state index contributed by atoms with van der Waals surface area (Å²) < 4.78 is 10.6. The maximum Gasteiger partial charge on any atom is 0.321 e. The molecule has 5 nitrogen and oxygen atoms in total. The highest BCUT2D eigenvalue weighted by Crippen LogP contribution is 2.36. The van der Waals surface area contributed by atoms with E-state index in [1.807, 2.05) is 20.8 Å². The molecule has 0 atom stereocenters. The first-order chi connectivity index (χ1) is 9.67. The summed E-state index contributed by atoms with van der Waals surface area (Å²) in [5.41, 5.74) is -0.792. The Labute approximate surface area is 120 Å². The average Bonchev–Trinajstić information content (AvgIpc) is 3.12. The van der Waals surface area contributed by atoms with Crippen LogP contribution in [0.4, 0.5) is 0 Å². The van der Waals surface area contributed by atoms with Crippen LogP contribution in [0.3, 0.4) is 0 Å². The molecule has 112 valence electrons. The van der Waals surface area contributed by atoms with Crippen molar-refractivity contribution in [1.29, 1.82) is 0 Å². The van der Waals surface area contributed by atoms with Gasteiger partial charge >= 0.3 is 5.97 Å². The molecular weight excluding hydrogens is 256 g/mol. The van der Waals surface area contributed by atoms with Crippen LogP contribution < -0.4 is 0 Å². The number of carbonyl (C=O) groups is 1. The van der Waals surface area contributed by atoms with Gasteiger partial charge in [0.1, 0.15) is 5.41 Å². The van der Waals surface area contributed by atoms with Gasteiger partial charge in [0.2, 0.25) is 5.89 Å². The minimum Gasteiger partial charge on any atom is -0.465 e. The van der Waals surface area contributed by atoms with Gasteiger partial charge in [-0.05, 0) is 32.6 Å². The number of esters is 1. The predicted octanol–water partition coefficient (Wildman–Crippen LogP) is 3.35. The number of rotatable bonds is 6. The summed E-state index contributed by atoms with van der Waals surface area (Å²) in [4.78, 5) is 16.8. The van der Waals surface area contributed by atoms with E-state index in [1.54, 1.807) is 0 Å². The van der Waals surface area contributed by atoms with E-state index in [-0.39, 0.29) is 5.97 Å². The van der Waals surface area contributed by atoms with Crippen LogP contribution in [0.1, 0.15) is 76.9 Å². The van der Waals surface area contributed by atoms with Gasteiger partial charge in [-0.25, -0.2) is 0 Å². The van der Waals surface area contributed by atoms with E-state index < -0.39 is 5.41 Å². The number of hydrogen-bond donors (Lipinski definition) is 0. The van der Waals surface area contributed by atoms with Crippen molar-refractivity contribution in [1.82, 2.24) is 10.1 Å². The van der Waals surface area contributed by atoms with Gasteiger partial charge in [0.25, 0.3) is 0 Å². The topological polar surface area (TPSA) is 65.2 Å². The van der Waals surface area contributed by atoms with Crippen molar-refractivity contribution in [2.24, 2.45) is 0 Å². The van der Waals surface area contributed by atoms with Crippen molar-refractivity contribution in [3.8, 4) is 0 Å². The van der Waals surface area contributed by atoms with Crippen LogP contribution in [0.2, 0.25) is 0 Å². The van der Waals surface area contributed by atoms with Crippen LogP contribution >= 0.6 is 0 Å². The molecule has 0 radical (unpaired) electrons. The third-order valence-electron chi connectivity index (χ3n) is 4.44. The zero-order valence-electron chi connectivity index (χ0n) is 12.6. The fourth-order valence-electron chi connectivity index (χ4n) is 2.98. The second kappa shape index (κ2) is 6.37. The quantitative estimate of drug-likeness (QED) is 0.748. The van der Waals surface area contributed by atoms with Crippen LogP contribution in [0.5, 0.6) is 0 Å². The van der Waals surface area contributed by atoms with Crippen molar-refractivity contribution >= 4 is 5.97 Å². The molecule has 0 aliphatic heterocycles. The second-order valence-corrected chi connectivity index (χ2v) is 5.45. The normalized spacial score (nSPS) is 16.6. The number of nitrogens with zero attached hydrogens (tertiary/aromatic N) is 2. The molecule has 0 spiro atoms. The third-order valence-corrected chi connectivity index (χ3v) is 4.44. The highest BCUT2D eigenvalue weighted by molar-refractivity contribution is 5.81.